The number of halogens is 1. The van der Waals surface area contributed by atoms with Crippen molar-refractivity contribution in [1.29, 1.82) is 0 Å². The second kappa shape index (κ2) is 8.39. The molecular formula is C19H27ClN2O3. The lowest BCUT2D eigenvalue weighted by atomic mass is 9.89. The summed E-state index contributed by atoms with van der Waals surface area (Å²) in [7, 11) is 0. The van der Waals surface area contributed by atoms with Gasteiger partial charge in [-0.15, -0.1) is 12.4 Å². The molecule has 3 aliphatic heterocycles. The van der Waals surface area contributed by atoms with Gasteiger partial charge in [-0.3, -0.25) is 4.79 Å². The monoisotopic (exact) mass is 366 g/mol. The number of benzene rings is 1. The SMILES string of the molecule is Cl.O=C(CC1CC2CCC(C1)N2)Nc1ccc(OC2CCOC2)cc1. The number of ether oxygens (including phenoxy) is 2. The van der Waals surface area contributed by atoms with Crippen LogP contribution in [0.1, 0.15) is 38.5 Å². The number of amides is 1. The van der Waals surface area contributed by atoms with Gasteiger partial charge in [-0.25, -0.2) is 0 Å². The van der Waals surface area contributed by atoms with E-state index in [0.717, 1.165) is 37.3 Å². The molecule has 1 aromatic carbocycles. The number of anilines is 1. The number of rotatable bonds is 5. The van der Waals surface area contributed by atoms with Crippen molar-refractivity contribution in [1.82, 2.24) is 5.32 Å². The molecule has 0 aliphatic carbocycles. The molecule has 1 aromatic rings. The molecule has 3 heterocycles. The van der Waals surface area contributed by atoms with Crippen LogP contribution in [-0.4, -0.2) is 37.3 Å². The number of piperidine rings is 1. The number of fused-ring (bicyclic) bond motifs is 2. The molecular weight excluding hydrogens is 340 g/mol. The van der Waals surface area contributed by atoms with E-state index in [2.05, 4.69) is 10.6 Å². The Morgan fingerprint density at radius 3 is 2.52 bits per heavy atom. The molecule has 3 atom stereocenters. The van der Waals surface area contributed by atoms with E-state index in [1.165, 1.54) is 12.8 Å². The Balaban J connectivity index is 0.00000182. The van der Waals surface area contributed by atoms with E-state index >= 15 is 0 Å². The van der Waals surface area contributed by atoms with Crippen LogP contribution in [-0.2, 0) is 9.53 Å². The molecule has 0 aromatic heterocycles. The summed E-state index contributed by atoms with van der Waals surface area (Å²) < 4.78 is 11.2. The second-order valence-corrected chi connectivity index (χ2v) is 7.36. The summed E-state index contributed by atoms with van der Waals surface area (Å²) in [6.07, 6.45) is 6.55. The fourth-order valence-corrected chi connectivity index (χ4v) is 4.23. The van der Waals surface area contributed by atoms with Crippen LogP contribution in [0, 0.1) is 5.92 Å². The zero-order chi connectivity index (χ0) is 16.4. The molecule has 1 amide bonds. The standard InChI is InChI=1S/C19H26N2O3.ClH/c22-19(11-13-9-15-1-2-16(10-13)20-15)21-14-3-5-17(6-4-14)24-18-7-8-23-12-18;/h3-6,13,15-16,18,20H,1-2,7-12H2,(H,21,22);1H. The largest absolute Gasteiger partial charge is 0.488 e. The maximum atomic E-state index is 12.3. The van der Waals surface area contributed by atoms with Crippen molar-refractivity contribution in [2.75, 3.05) is 18.5 Å². The fraction of sp³-hybridized carbons (Fsp3) is 0.632. The summed E-state index contributed by atoms with van der Waals surface area (Å²) in [5.41, 5.74) is 0.840. The minimum absolute atomic E-state index is 0. The van der Waals surface area contributed by atoms with Gasteiger partial charge in [0.05, 0.1) is 13.2 Å². The van der Waals surface area contributed by atoms with Crippen molar-refractivity contribution in [2.45, 2.75) is 56.7 Å². The summed E-state index contributed by atoms with van der Waals surface area (Å²) >= 11 is 0. The van der Waals surface area contributed by atoms with E-state index in [1.54, 1.807) is 0 Å². The maximum absolute atomic E-state index is 12.3. The zero-order valence-electron chi connectivity index (χ0n) is 14.4. The first-order valence-electron chi connectivity index (χ1n) is 9.15. The van der Waals surface area contributed by atoms with Crippen LogP contribution in [0.4, 0.5) is 5.69 Å². The van der Waals surface area contributed by atoms with Crippen LogP contribution in [0.15, 0.2) is 24.3 Å². The molecule has 2 N–H and O–H groups in total. The predicted molar refractivity (Wildman–Crippen MR) is 99.5 cm³/mol. The normalized spacial score (nSPS) is 30.6. The molecule has 2 bridgehead atoms. The third-order valence-electron chi connectivity index (χ3n) is 5.37. The van der Waals surface area contributed by atoms with Gasteiger partial charge in [0, 0.05) is 30.6 Å². The molecule has 0 saturated carbocycles. The number of hydrogen-bond acceptors (Lipinski definition) is 4. The van der Waals surface area contributed by atoms with E-state index in [1.807, 2.05) is 24.3 Å². The van der Waals surface area contributed by atoms with Gasteiger partial charge in [-0.2, -0.15) is 0 Å². The first-order chi connectivity index (χ1) is 11.7. The Kier molecular flexibility index (Phi) is 6.20. The second-order valence-electron chi connectivity index (χ2n) is 7.36. The van der Waals surface area contributed by atoms with Gasteiger partial charge in [0.25, 0.3) is 0 Å². The third-order valence-corrected chi connectivity index (χ3v) is 5.37. The lowest BCUT2D eigenvalue weighted by Gasteiger charge is -2.28. The summed E-state index contributed by atoms with van der Waals surface area (Å²) in [4.78, 5) is 12.3. The minimum atomic E-state index is 0. The van der Waals surface area contributed by atoms with E-state index in [-0.39, 0.29) is 24.4 Å². The molecule has 25 heavy (non-hydrogen) atoms. The summed E-state index contributed by atoms with van der Waals surface area (Å²) in [5, 5.41) is 6.64. The van der Waals surface area contributed by atoms with Gasteiger partial charge in [0.1, 0.15) is 11.9 Å². The molecule has 4 rings (SSSR count). The van der Waals surface area contributed by atoms with Crippen LogP contribution >= 0.6 is 12.4 Å². The maximum Gasteiger partial charge on any atom is 0.224 e. The lowest BCUT2D eigenvalue weighted by Crippen LogP contribution is -2.39. The van der Waals surface area contributed by atoms with E-state index in [9.17, 15) is 4.79 Å². The van der Waals surface area contributed by atoms with Gasteiger partial charge in [0.2, 0.25) is 5.91 Å². The first-order valence-corrected chi connectivity index (χ1v) is 9.15. The van der Waals surface area contributed by atoms with Gasteiger partial charge < -0.3 is 20.1 Å². The van der Waals surface area contributed by atoms with Crippen molar-refractivity contribution < 1.29 is 14.3 Å². The van der Waals surface area contributed by atoms with Crippen molar-refractivity contribution in [3.05, 3.63) is 24.3 Å². The molecule has 0 spiro atoms. The number of carbonyl (C=O) groups excluding carboxylic acids is 1. The molecule has 0 radical (unpaired) electrons. The molecule has 138 valence electrons. The van der Waals surface area contributed by atoms with E-state index < -0.39 is 0 Å². The van der Waals surface area contributed by atoms with Crippen LogP contribution in [0.5, 0.6) is 5.75 Å². The third kappa shape index (κ3) is 4.87. The van der Waals surface area contributed by atoms with Gasteiger partial charge >= 0.3 is 0 Å². The van der Waals surface area contributed by atoms with Crippen LogP contribution in [0.2, 0.25) is 0 Å². The minimum Gasteiger partial charge on any atom is -0.488 e. The number of hydrogen-bond donors (Lipinski definition) is 2. The first kappa shape index (κ1) is 18.5. The van der Waals surface area contributed by atoms with E-state index in [0.29, 0.717) is 31.0 Å². The van der Waals surface area contributed by atoms with Crippen LogP contribution in [0.3, 0.4) is 0 Å². The highest BCUT2D eigenvalue weighted by atomic mass is 35.5. The highest BCUT2D eigenvalue weighted by molar-refractivity contribution is 5.90. The smallest absolute Gasteiger partial charge is 0.224 e. The van der Waals surface area contributed by atoms with Crippen molar-refractivity contribution in [3.63, 3.8) is 0 Å². The topological polar surface area (TPSA) is 59.6 Å². The Morgan fingerprint density at radius 1 is 1.16 bits per heavy atom. The quantitative estimate of drug-likeness (QED) is 0.840. The summed E-state index contributed by atoms with van der Waals surface area (Å²) in [6.45, 7) is 1.44. The Bertz CT molecular complexity index is 563. The Hall–Kier alpha value is -1.30. The highest BCUT2D eigenvalue weighted by Gasteiger charge is 2.34. The number of nitrogens with one attached hydrogen (secondary N) is 2. The van der Waals surface area contributed by atoms with Crippen molar-refractivity contribution in [3.8, 4) is 5.75 Å². The Morgan fingerprint density at radius 2 is 1.88 bits per heavy atom. The van der Waals surface area contributed by atoms with E-state index in [4.69, 9.17) is 9.47 Å². The average Bonchev–Trinajstić information content (AvgIpc) is 3.19. The fourth-order valence-electron chi connectivity index (χ4n) is 4.23. The molecule has 5 nitrogen and oxygen atoms in total. The van der Waals surface area contributed by atoms with Crippen molar-refractivity contribution in [2.24, 2.45) is 5.92 Å². The van der Waals surface area contributed by atoms with Gasteiger partial charge in [-0.1, -0.05) is 0 Å². The lowest BCUT2D eigenvalue weighted by molar-refractivity contribution is -0.117. The van der Waals surface area contributed by atoms with Gasteiger partial charge in [0.15, 0.2) is 0 Å². The molecule has 3 saturated heterocycles. The van der Waals surface area contributed by atoms with Gasteiger partial charge in [-0.05, 0) is 55.9 Å². The van der Waals surface area contributed by atoms with Crippen LogP contribution < -0.4 is 15.4 Å². The zero-order valence-corrected chi connectivity index (χ0v) is 15.2. The Labute approximate surface area is 155 Å². The molecule has 6 heteroatoms. The summed E-state index contributed by atoms with van der Waals surface area (Å²) in [5.74, 6) is 1.48. The van der Waals surface area contributed by atoms with Crippen LogP contribution in [0.25, 0.3) is 0 Å². The highest BCUT2D eigenvalue weighted by Crippen LogP contribution is 2.32. The average molecular weight is 367 g/mol. The summed E-state index contributed by atoms with van der Waals surface area (Å²) in [6, 6.07) is 8.93. The molecule has 3 fully saturated rings. The molecule has 3 unspecified atom stereocenters. The number of carbonyl (C=O) groups is 1. The predicted octanol–water partition coefficient (Wildman–Crippen LogP) is 3.14. The molecule has 3 aliphatic rings. The van der Waals surface area contributed by atoms with Crippen molar-refractivity contribution >= 4 is 24.0 Å².